The Morgan fingerprint density at radius 2 is 2.08 bits per heavy atom. The van der Waals surface area contributed by atoms with Crippen molar-refractivity contribution in [2.75, 3.05) is 13.7 Å². The highest BCUT2D eigenvalue weighted by Crippen LogP contribution is 2.27. The summed E-state index contributed by atoms with van der Waals surface area (Å²) in [5, 5.41) is 0. The molecule has 128 valence electrons. The van der Waals surface area contributed by atoms with Crippen LogP contribution in [0.2, 0.25) is 25.7 Å². The van der Waals surface area contributed by atoms with Crippen LogP contribution in [0, 0.1) is 0 Å². The largest absolute Gasteiger partial charge is 0.467 e. The van der Waals surface area contributed by atoms with Crippen LogP contribution in [0.4, 0.5) is 0 Å². The molecule has 0 aromatic carbocycles. The third-order valence-electron chi connectivity index (χ3n) is 3.61. The second-order valence-electron chi connectivity index (χ2n) is 6.77. The molecule has 3 rings (SSSR count). The first-order chi connectivity index (χ1) is 11.5. The van der Waals surface area contributed by atoms with Gasteiger partial charge in [-0.15, -0.1) is 0 Å². The Bertz CT molecular complexity index is 809. The standard InChI is InChI=1S/C16H22N4O3Si/c1-21-16-18-13(12-6-5-7-23-12)14-15(19-16)20(10-17-14)11-22-8-9-24(2,3)4/h5-7,10H,8-9,11H2,1-4H3. The van der Waals surface area contributed by atoms with Crippen molar-refractivity contribution in [2.45, 2.75) is 32.4 Å². The smallest absolute Gasteiger partial charge is 0.318 e. The Morgan fingerprint density at radius 1 is 1.25 bits per heavy atom. The summed E-state index contributed by atoms with van der Waals surface area (Å²) in [6.45, 7) is 8.13. The van der Waals surface area contributed by atoms with Crippen LogP contribution in [-0.4, -0.2) is 41.3 Å². The summed E-state index contributed by atoms with van der Waals surface area (Å²) >= 11 is 0. The summed E-state index contributed by atoms with van der Waals surface area (Å²) in [6, 6.07) is 5.05. The van der Waals surface area contributed by atoms with E-state index in [-0.39, 0.29) is 6.01 Å². The quantitative estimate of drug-likeness (QED) is 0.482. The molecule has 24 heavy (non-hydrogen) atoms. The van der Waals surface area contributed by atoms with E-state index in [0.29, 0.717) is 29.3 Å². The van der Waals surface area contributed by atoms with Gasteiger partial charge in [0.2, 0.25) is 0 Å². The first-order valence-corrected chi connectivity index (χ1v) is 11.6. The van der Waals surface area contributed by atoms with E-state index in [1.165, 1.54) is 7.11 Å². The van der Waals surface area contributed by atoms with Crippen molar-refractivity contribution >= 4 is 19.2 Å². The molecule has 7 nitrogen and oxygen atoms in total. The zero-order valence-electron chi connectivity index (χ0n) is 14.4. The fourth-order valence-corrected chi connectivity index (χ4v) is 2.99. The molecular weight excluding hydrogens is 324 g/mol. The van der Waals surface area contributed by atoms with Gasteiger partial charge < -0.3 is 13.9 Å². The van der Waals surface area contributed by atoms with Crippen LogP contribution >= 0.6 is 0 Å². The van der Waals surface area contributed by atoms with Crippen molar-refractivity contribution in [1.82, 2.24) is 19.5 Å². The maximum atomic E-state index is 5.80. The Hall–Kier alpha value is -2.19. The van der Waals surface area contributed by atoms with Crippen LogP contribution in [-0.2, 0) is 11.5 Å². The summed E-state index contributed by atoms with van der Waals surface area (Å²) in [4.78, 5) is 13.2. The summed E-state index contributed by atoms with van der Waals surface area (Å²) in [6.07, 6.45) is 3.31. The van der Waals surface area contributed by atoms with E-state index in [9.17, 15) is 0 Å². The van der Waals surface area contributed by atoms with E-state index in [0.717, 1.165) is 12.7 Å². The van der Waals surface area contributed by atoms with Crippen molar-refractivity contribution in [2.24, 2.45) is 0 Å². The second-order valence-corrected chi connectivity index (χ2v) is 12.4. The van der Waals surface area contributed by atoms with E-state index in [4.69, 9.17) is 13.9 Å². The number of nitrogens with zero attached hydrogens (tertiary/aromatic N) is 4. The molecule has 0 fully saturated rings. The number of methoxy groups -OCH3 is 1. The van der Waals surface area contributed by atoms with Crippen molar-refractivity contribution in [3.8, 4) is 17.5 Å². The fraction of sp³-hybridized carbons (Fsp3) is 0.438. The van der Waals surface area contributed by atoms with Gasteiger partial charge in [0.15, 0.2) is 11.4 Å². The maximum Gasteiger partial charge on any atom is 0.318 e. The van der Waals surface area contributed by atoms with E-state index >= 15 is 0 Å². The lowest BCUT2D eigenvalue weighted by Crippen LogP contribution is -2.22. The Labute approximate surface area is 141 Å². The van der Waals surface area contributed by atoms with Crippen LogP contribution in [0.1, 0.15) is 0 Å². The summed E-state index contributed by atoms with van der Waals surface area (Å²) in [5.41, 5.74) is 1.95. The number of aromatic nitrogens is 4. The van der Waals surface area contributed by atoms with Gasteiger partial charge in [0.1, 0.15) is 17.9 Å². The normalized spacial score (nSPS) is 12.0. The fourth-order valence-electron chi connectivity index (χ4n) is 2.24. The van der Waals surface area contributed by atoms with Gasteiger partial charge in [0.05, 0.1) is 19.7 Å². The van der Waals surface area contributed by atoms with Gasteiger partial charge in [-0.25, -0.2) is 4.98 Å². The summed E-state index contributed by atoms with van der Waals surface area (Å²) in [5.74, 6) is 0.630. The second kappa shape index (κ2) is 6.74. The Kier molecular flexibility index (Phi) is 4.68. The number of imidazole rings is 1. The molecular formula is C16H22N4O3Si. The highest BCUT2D eigenvalue weighted by Gasteiger charge is 2.17. The predicted molar refractivity (Wildman–Crippen MR) is 93.7 cm³/mol. The van der Waals surface area contributed by atoms with Crippen LogP contribution in [0.3, 0.4) is 0 Å². The lowest BCUT2D eigenvalue weighted by atomic mass is 10.3. The molecule has 0 radical (unpaired) electrons. The average molecular weight is 346 g/mol. The molecule has 0 amide bonds. The zero-order chi connectivity index (χ0) is 17.2. The molecule has 3 aromatic rings. The number of fused-ring (bicyclic) bond motifs is 1. The van der Waals surface area contributed by atoms with Gasteiger partial charge >= 0.3 is 6.01 Å². The molecule has 3 heterocycles. The minimum atomic E-state index is -1.10. The van der Waals surface area contributed by atoms with E-state index in [2.05, 4.69) is 34.6 Å². The van der Waals surface area contributed by atoms with Crippen molar-refractivity contribution in [3.05, 3.63) is 24.7 Å². The van der Waals surface area contributed by atoms with Crippen molar-refractivity contribution in [3.63, 3.8) is 0 Å². The minimum absolute atomic E-state index is 0.276. The number of ether oxygens (including phenoxy) is 2. The first kappa shape index (κ1) is 16.7. The Morgan fingerprint density at radius 3 is 2.75 bits per heavy atom. The summed E-state index contributed by atoms with van der Waals surface area (Å²) < 4.78 is 18.3. The lowest BCUT2D eigenvalue weighted by molar-refractivity contribution is 0.0894. The molecule has 0 spiro atoms. The van der Waals surface area contributed by atoms with Gasteiger partial charge in [-0.05, 0) is 18.2 Å². The first-order valence-electron chi connectivity index (χ1n) is 7.86. The van der Waals surface area contributed by atoms with Gasteiger partial charge in [0.25, 0.3) is 0 Å². The van der Waals surface area contributed by atoms with Crippen LogP contribution in [0.25, 0.3) is 22.6 Å². The average Bonchev–Trinajstić information content (AvgIpc) is 3.19. The molecule has 0 aliphatic heterocycles. The Balaban J connectivity index is 1.87. The zero-order valence-corrected chi connectivity index (χ0v) is 15.4. The van der Waals surface area contributed by atoms with E-state index in [1.807, 2.05) is 16.7 Å². The van der Waals surface area contributed by atoms with E-state index in [1.54, 1.807) is 12.6 Å². The van der Waals surface area contributed by atoms with Gasteiger partial charge in [0, 0.05) is 14.7 Å². The molecule has 0 bridgehead atoms. The number of hydrogen-bond acceptors (Lipinski definition) is 6. The highest BCUT2D eigenvalue weighted by atomic mass is 28.3. The number of rotatable bonds is 7. The molecule has 0 unspecified atom stereocenters. The van der Waals surface area contributed by atoms with Crippen LogP contribution in [0.5, 0.6) is 6.01 Å². The molecule has 0 aliphatic carbocycles. The number of furan rings is 1. The predicted octanol–water partition coefficient (Wildman–Crippen LogP) is 3.41. The molecule has 0 saturated heterocycles. The summed E-state index contributed by atoms with van der Waals surface area (Å²) in [7, 11) is 0.439. The third kappa shape index (κ3) is 3.65. The highest BCUT2D eigenvalue weighted by molar-refractivity contribution is 6.76. The van der Waals surface area contributed by atoms with Gasteiger partial charge in [-0.3, -0.25) is 4.57 Å². The molecule has 0 atom stereocenters. The topological polar surface area (TPSA) is 75.2 Å². The lowest BCUT2D eigenvalue weighted by Gasteiger charge is -2.15. The van der Waals surface area contributed by atoms with Gasteiger partial charge in [-0.2, -0.15) is 9.97 Å². The van der Waals surface area contributed by atoms with Crippen molar-refractivity contribution in [1.29, 1.82) is 0 Å². The third-order valence-corrected chi connectivity index (χ3v) is 5.31. The molecule has 8 heteroatoms. The monoisotopic (exact) mass is 346 g/mol. The minimum Gasteiger partial charge on any atom is -0.467 e. The molecule has 0 saturated carbocycles. The molecule has 0 aliphatic rings. The molecule has 0 N–H and O–H groups in total. The SMILES string of the molecule is COc1nc(-c2ccco2)c2ncn(COCC[Si](C)(C)C)c2n1. The van der Waals surface area contributed by atoms with Crippen LogP contribution < -0.4 is 4.74 Å². The maximum absolute atomic E-state index is 5.80. The van der Waals surface area contributed by atoms with E-state index < -0.39 is 8.07 Å². The number of hydrogen-bond donors (Lipinski definition) is 0. The van der Waals surface area contributed by atoms with Crippen molar-refractivity contribution < 1.29 is 13.9 Å². The van der Waals surface area contributed by atoms with Crippen LogP contribution in [0.15, 0.2) is 29.1 Å². The molecule has 3 aromatic heterocycles. The van der Waals surface area contributed by atoms with Gasteiger partial charge in [-0.1, -0.05) is 19.6 Å².